The largest absolute Gasteiger partial charge is 0.497 e. The van der Waals surface area contributed by atoms with E-state index in [0.29, 0.717) is 13.1 Å². The maximum Gasteiger partial charge on any atom is 0.118 e. The summed E-state index contributed by atoms with van der Waals surface area (Å²) in [6, 6.07) is 16.0. The Morgan fingerprint density at radius 1 is 0.676 bits per heavy atom. The van der Waals surface area contributed by atoms with Crippen LogP contribution in [0, 0.1) is 13.8 Å². The van der Waals surface area contributed by atoms with Gasteiger partial charge in [-0.1, -0.05) is 24.3 Å². The summed E-state index contributed by atoms with van der Waals surface area (Å²) in [7, 11) is 3.33. The van der Waals surface area contributed by atoms with E-state index in [1.165, 1.54) is 0 Å². The minimum Gasteiger partial charge on any atom is -0.497 e. The molecule has 0 spiro atoms. The van der Waals surface area contributed by atoms with Crippen molar-refractivity contribution in [1.29, 1.82) is 0 Å². The van der Waals surface area contributed by atoms with Gasteiger partial charge in [-0.3, -0.25) is 9.36 Å². The summed E-state index contributed by atoms with van der Waals surface area (Å²) in [5.74, 6) is 1.68. The minimum absolute atomic E-state index is 0.680. The average Bonchev–Trinajstić information content (AvgIpc) is 3.39. The van der Waals surface area contributed by atoms with Gasteiger partial charge in [0, 0.05) is 22.5 Å². The molecule has 0 saturated carbocycles. The Morgan fingerprint density at radius 2 is 1.06 bits per heavy atom. The van der Waals surface area contributed by atoms with Crippen molar-refractivity contribution in [3.8, 4) is 11.5 Å². The Morgan fingerprint density at radius 3 is 1.41 bits per heavy atom. The van der Waals surface area contributed by atoms with Crippen LogP contribution >= 0.6 is 0 Å². The van der Waals surface area contributed by atoms with Crippen LogP contribution in [0.5, 0.6) is 11.5 Å². The van der Waals surface area contributed by atoms with Gasteiger partial charge in [-0.2, -0.15) is 20.4 Å². The van der Waals surface area contributed by atoms with Gasteiger partial charge in [0.15, 0.2) is 0 Å². The van der Waals surface area contributed by atoms with Crippen molar-refractivity contribution in [2.24, 2.45) is 10.2 Å². The van der Waals surface area contributed by atoms with Gasteiger partial charge in [0.1, 0.15) is 11.5 Å². The average molecular weight is 457 g/mol. The lowest BCUT2D eigenvalue weighted by Gasteiger charge is -2.06. The maximum atomic E-state index is 5.21. The maximum absolute atomic E-state index is 5.21. The van der Waals surface area contributed by atoms with E-state index >= 15 is 0 Å². The van der Waals surface area contributed by atoms with E-state index < -0.39 is 0 Å². The molecule has 8 nitrogen and oxygen atoms in total. The van der Waals surface area contributed by atoms with Crippen molar-refractivity contribution >= 4 is 12.4 Å². The van der Waals surface area contributed by atoms with E-state index in [4.69, 9.17) is 9.47 Å². The molecule has 2 aromatic heterocycles. The van der Waals surface area contributed by atoms with Gasteiger partial charge in [0.25, 0.3) is 0 Å². The third-order valence-corrected chi connectivity index (χ3v) is 5.73. The van der Waals surface area contributed by atoms with Crippen LogP contribution in [0.1, 0.15) is 33.6 Å². The van der Waals surface area contributed by atoms with E-state index in [1.54, 1.807) is 39.0 Å². The van der Waals surface area contributed by atoms with Crippen LogP contribution in [-0.2, 0) is 13.1 Å². The first-order valence-electron chi connectivity index (χ1n) is 10.9. The summed E-state index contributed by atoms with van der Waals surface area (Å²) < 4.78 is 14.3. The molecule has 4 aromatic rings. The lowest BCUT2D eigenvalue weighted by atomic mass is 10.2. The van der Waals surface area contributed by atoms with E-state index in [2.05, 4.69) is 20.4 Å². The third-order valence-electron chi connectivity index (χ3n) is 5.73. The first-order valence-corrected chi connectivity index (χ1v) is 10.9. The predicted octanol–water partition coefficient (Wildman–Crippen LogP) is 4.26. The van der Waals surface area contributed by atoms with Crippen molar-refractivity contribution in [1.82, 2.24) is 19.6 Å². The number of ether oxygens (including phenoxy) is 2. The number of rotatable bonds is 9. The van der Waals surface area contributed by atoms with Crippen LogP contribution in [0.2, 0.25) is 0 Å². The second kappa shape index (κ2) is 10.6. The molecule has 0 saturated heterocycles. The number of aromatic nitrogens is 4. The molecule has 4 rings (SSSR count). The van der Waals surface area contributed by atoms with E-state index in [-0.39, 0.29) is 0 Å². The molecule has 0 amide bonds. The Kier molecular flexibility index (Phi) is 7.17. The molecule has 0 aliphatic carbocycles. The van der Waals surface area contributed by atoms with Crippen LogP contribution < -0.4 is 9.47 Å². The molecule has 0 unspecified atom stereocenters. The van der Waals surface area contributed by atoms with Crippen molar-refractivity contribution in [2.75, 3.05) is 14.2 Å². The molecule has 0 aliphatic rings. The van der Waals surface area contributed by atoms with Crippen LogP contribution in [0.4, 0.5) is 0 Å². The molecule has 0 aliphatic heterocycles. The molecule has 2 heterocycles. The van der Waals surface area contributed by atoms with Gasteiger partial charge in [-0.15, -0.1) is 0 Å². The fraction of sp³-hybridized carbons (Fsp3) is 0.231. The zero-order chi connectivity index (χ0) is 23.9. The highest BCUT2D eigenvalue weighted by atomic mass is 16.5. The summed E-state index contributed by atoms with van der Waals surface area (Å²) in [4.78, 5) is 0. The van der Waals surface area contributed by atoms with Gasteiger partial charge in [0.2, 0.25) is 0 Å². The second-order valence-electron chi connectivity index (χ2n) is 7.87. The molecule has 8 heteroatoms. The lowest BCUT2D eigenvalue weighted by Crippen LogP contribution is -2.04. The topological polar surface area (TPSA) is 78.8 Å². The first kappa shape index (κ1) is 23.0. The summed E-state index contributed by atoms with van der Waals surface area (Å²) in [5, 5.41) is 17.4. The number of nitrogens with zero attached hydrogens (tertiary/aromatic N) is 6. The van der Waals surface area contributed by atoms with Gasteiger partial charge < -0.3 is 9.47 Å². The van der Waals surface area contributed by atoms with Gasteiger partial charge in [0.05, 0.1) is 52.1 Å². The third kappa shape index (κ3) is 5.40. The molecule has 2 aromatic carbocycles. The van der Waals surface area contributed by atoms with Crippen LogP contribution in [0.25, 0.3) is 0 Å². The first-order chi connectivity index (χ1) is 16.6. The van der Waals surface area contributed by atoms with E-state index in [9.17, 15) is 0 Å². The van der Waals surface area contributed by atoms with Crippen molar-refractivity contribution in [3.63, 3.8) is 0 Å². The van der Waals surface area contributed by atoms with Crippen LogP contribution in [0.15, 0.2) is 71.1 Å². The number of hydrogen-bond acceptors (Lipinski definition) is 6. The van der Waals surface area contributed by atoms with Crippen molar-refractivity contribution in [3.05, 3.63) is 94.6 Å². The van der Waals surface area contributed by atoms with Gasteiger partial charge >= 0.3 is 0 Å². The zero-order valence-corrected chi connectivity index (χ0v) is 19.8. The molecular formula is C26H28N6O2. The van der Waals surface area contributed by atoms with E-state index in [0.717, 1.165) is 45.1 Å². The smallest absolute Gasteiger partial charge is 0.118 e. The Balaban J connectivity index is 1.37. The number of hydrogen-bond donors (Lipinski definition) is 0. The summed E-state index contributed by atoms with van der Waals surface area (Å²) in [5.41, 5.74) is 6.21. The molecule has 0 atom stereocenters. The summed E-state index contributed by atoms with van der Waals surface area (Å²) in [6.45, 7) is 5.41. The van der Waals surface area contributed by atoms with Crippen LogP contribution in [-0.4, -0.2) is 46.2 Å². The highest BCUT2D eigenvalue weighted by Crippen LogP contribution is 2.15. The standard InChI is InChI=1S/C26H28N6O2/c1-19-23(15-29-31(19)17-21-5-9-25(33-3)10-6-21)13-27-28-14-24-16-30-32(20(24)2)18-22-7-11-26(34-4)12-8-22/h5-16H,17-18H2,1-4H3/b27-13+,28-14+. The monoisotopic (exact) mass is 456 g/mol. The van der Waals surface area contributed by atoms with Gasteiger partial charge in [-0.25, -0.2) is 0 Å². The quantitative estimate of drug-likeness (QED) is 0.278. The van der Waals surface area contributed by atoms with E-state index in [1.807, 2.05) is 71.7 Å². The molecule has 34 heavy (non-hydrogen) atoms. The Labute approximate surface area is 199 Å². The van der Waals surface area contributed by atoms with Crippen molar-refractivity contribution in [2.45, 2.75) is 26.9 Å². The predicted molar refractivity (Wildman–Crippen MR) is 133 cm³/mol. The molecule has 174 valence electrons. The molecular weight excluding hydrogens is 428 g/mol. The number of methoxy groups -OCH3 is 2. The summed E-state index contributed by atoms with van der Waals surface area (Å²) >= 11 is 0. The summed E-state index contributed by atoms with van der Waals surface area (Å²) in [6.07, 6.45) is 7.05. The van der Waals surface area contributed by atoms with Crippen molar-refractivity contribution < 1.29 is 9.47 Å². The Hall–Kier alpha value is -4.20. The van der Waals surface area contributed by atoms with Gasteiger partial charge in [-0.05, 0) is 49.2 Å². The highest BCUT2D eigenvalue weighted by Gasteiger charge is 2.07. The molecule has 0 N–H and O–H groups in total. The molecule has 0 radical (unpaired) electrons. The SMILES string of the molecule is COc1ccc(Cn2ncc(/C=N/N=C/c3cnn(Cc4ccc(OC)cc4)c3C)c2C)cc1. The highest BCUT2D eigenvalue weighted by molar-refractivity contribution is 5.83. The van der Waals surface area contributed by atoms with Crippen LogP contribution in [0.3, 0.4) is 0 Å². The molecule has 0 bridgehead atoms. The molecule has 0 fully saturated rings. The normalized spacial score (nSPS) is 11.5. The zero-order valence-electron chi connectivity index (χ0n) is 19.8. The minimum atomic E-state index is 0.680. The fourth-order valence-corrected chi connectivity index (χ4v) is 3.49. The lowest BCUT2D eigenvalue weighted by molar-refractivity contribution is 0.414. The Bertz CT molecular complexity index is 1180. The second-order valence-corrected chi connectivity index (χ2v) is 7.87. The number of benzene rings is 2. The fourth-order valence-electron chi connectivity index (χ4n) is 3.49.